The van der Waals surface area contributed by atoms with Crippen molar-refractivity contribution in [2.24, 2.45) is 0 Å². The Labute approximate surface area is 158 Å². The Bertz CT molecular complexity index is 894. The van der Waals surface area contributed by atoms with Crippen molar-refractivity contribution in [2.45, 2.75) is 25.5 Å². The third-order valence-corrected chi connectivity index (χ3v) is 4.21. The molecule has 3 rings (SSSR count). The molecule has 0 saturated carbocycles. The molecule has 2 amide bonds. The van der Waals surface area contributed by atoms with Crippen molar-refractivity contribution in [1.82, 2.24) is 20.2 Å². The van der Waals surface area contributed by atoms with Crippen molar-refractivity contribution in [3.8, 4) is 11.3 Å². The molecular formula is C18H17F3N4O3. The first-order valence-electron chi connectivity index (χ1n) is 8.42. The fourth-order valence-electron chi connectivity index (χ4n) is 2.81. The highest BCUT2D eigenvalue weighted by Crippen LogP contribution is 2.27. The molecule has 0 aliphatic carbocycles. The molecule has 7 nitrogen and oxygen atoms in total. The smallest absolute Gasteiger partial charge is 0.410 e. The molecular weight excluding hydrogens is 377 g/mol. The summed E-state index contributed by atoms with van der Waals surface area (Å²) in [6.45, 7) is 0.289. The summed E-state index contributed by atoms with van der Waals surface area (Å²) >= 11 is 0. The van der Waals surface area contributed by atoms with Crippen LogP contribution in [0.2, 0.25) is 0 Å². The number of carbonyl (C=O) groups excluding carboxylic acids is 2. The summed E-state index contributed by atoms with van der Waals surface area (Å²) in [6, 6.07) is 3.31. The van der Waals surface area contributed by atoms with E-state index in [9.17, 15) is 22.8 Å². The van der Waals surface area contributed by atoms with Gasteiger partial charge in [-0.3, -0.25) is 14.7 Å². The number of rotatable bonds is 6. The van der Waals surface area contributed by atoms with E-state index in [0.29, 0.717) is 5.69 Å². The van der Waals surface area contributed by atoms with E-state index in [0.717, 1.165) is 12.1 Å². The van der Waals surface area contributed by atoms with Crippen molar-refractivity contribution in [1.29, 1.82) is 0 Å². The van der Waals surface area contributed by atoms with Crippen molar-refractivity contribution < 1.29 is 27.5 Å². The van der Waals surface area contributed by atoms with Crippen LogP contribution in [0.4, 0.5) is 18.0 Å². The van der Waals surface area contributed by atoms with Gasteiger partial charge < -0.3 is 10.1 Å². The summed E-state index contributed by atoms with van der Waals surface area (Å²) in [7, 11) is 1.49. The monoisotopic (exact) mass is 394 g/mol. The molecule has 0 radical (unpaired) electrons. The summed E-state index contributed by atoms with van der Waals surface area (Å²) in [6.07, 6.45) is -1.25. The van der Waals surface area contributed by atoms with Crippen LogP contribution in [0, 0.1) is 5.82 Å². The molecule has 2 aromatic rings. The normalized spacial score (nSPS) is 16.4. The largest absolute Gasteiger partial charge is 0.444 e. The first-order chi connectivity index (χ1) is 13.4. The Morgan fingerprint density at radius 1 is 1.39 bits per heavy atom. The number of halogens is 3. The van der Waals surface area contributed by atoms with E-state index in [1.54, 1.807) is 0 Å². The molecule has 1 unspecified atom stereocenters. The standard InChI is InChI=1S/C18H17F3N4O3/c1-22-16(26)5-12-9-25(18(27)28-12)8-11-6-23-7-15(24-11)10-2-3-14(19)13(4-10)17(20)21/h2-4,6-7,12,17H,5,8-9H2,1H3,(H,22,26). The van der Waals surface area contributed by atoms with Crippen LogP contribution in [0.15, 0.2) is 30.6 Å². The highest BCUT2D eigenvalue weighted by molar-refractivity contribution is 5.77. The number of carbonyl (C=O) groups is 2. The molecule has 1 aromatic heterocycles. The van der Waals surface area contributed by atoms with Gasteiger partial charge in [0.1, 0.15) is 11.9 Å². The van der Waals surface area contributed by atoms with Gasteiger partial charge in [0.25, 0.3) is 6.43 Å². The Morgan fingerprint density at radius 2 is 2.18 bits per heavy atom. The number of cyclic esters (lactones) is 1. The van der Waals surface area contributed by atoms with Crippen LogP contribution in [-0.2, 0) is 16.1 Å². The molecule has 1 saturated heterocycles. The van der Waals surface area contributed by atoms with Crippen LogP contribution in [0.1, 0.15) is 24.1 Å². The fraction of sp³-hybridized carbons (Fsp3) is 0.333. The predicted octanol–water partition coefficient (Wildman–Crippen LogP) is 2.68. The number of aromatic nitrogens is 2. The third-order valence-electron chi connectivity index (χ3n) is 4.21. The van der Waals surface area contributed by atoms with E-state index in [4.69, 9.17) is 4.74 Å². The number of benzene rings is 1. The van der Waals surface area contributed by atoms with Gasteiger partial charge in [0.2, 0.25) is 5.91 Å². The number of alkyl halides is 2. The summed E-state index contributed by atoms with van der Waals surface area (Å²) in [5.74, 6) is -1.24. The SMILES string of the molecule is CNC(=O)CC1CN(Cc2cncc(-c3ccc(F)c(C(F)F)c3)n2)C(=O)O1. The number of amides is 2. The lowest BCUT2D eigenvalue weighted by atomic mass is 10.1. The quantitative estimate of drug-likeness (QED) is 0.814. The van der Waals surface area contributed by atoms with Crippen molar-refractivity contribution in [3.63, 3.8) is 0 Å². The summed E-state index contributed by atoms with van der Waals surface area (Å²) < 4.78 is 44.4. The molecule has 148 valence electrons. The zero-order valence-corrected chi connectivity index (χ0v) is 14.9. The van der Waals surface area contributed by atoms with Gasteiger partial charge in [0.05, 0.1) is 48.9 Å². The van der Waals surface area contributed by atoms with Gasteiger partial charge in [-0.15, -0.1) is 0 Å². The van der Waals surface area contributed by atoms with E-state index in [-0.39, 0.29) is 36.7 Å². The fourth-order valence-corrected chi connectivity index (χ4v) is 2.81. The lowest BCUT2D eigenvalue weighted by Crippen LogP contribution is -2.28. The highest BCUT2D eigenvalue weighted by atomic mass is 19.3. The molecule has 1 N–H and O–H groups in total. The van der Waals surface area contributed by atoms with Gasteiger partial charge in [0, 0.05) is 12.6 Å². The predicted molar refractivity (Wildman–Crippen MR) is 91.7 cm³/mol. The van der Waals surface area contributed by atoms with Crippen LogP contribution >= 0.6 is 0 Å². The highest BCUT2D eigenvalue weighted by Gasteiger charge is 2.32. The van der Waals surface area contributed by atoms with Gasteiger partial charge in [-0.25, -0.2) is 22.9 Å². The summed E-state index contributed by atoms with van der Waals surface area (Å²) in [4.78, 5) is 33.1. The minimum atomic E-state index is -2.95. The molecule has 10 heteroatoms. The second-order valence-electron chi connectivity index (χ2n) is 6.20. The van der Waals surface area contributed by atoms with Gasteiger partial charge >= 0.3 is 6.09 Å². The maximum Gasteiger partial charge on any atom is 0.410 e. The minimum Gasteiger partial charge on any atom is -0.444 e. The van der Waals surface area contributed by atoms with Crippen LogP contribution in [0.5, 0.6) is 0 Å². The topological polar surface area (TPSA) is 84.4 Å². The van der Waals surface area contributed by atoms with E-state index < -0.39 is 30.0 Å². The summed E-state index contributed by atoms with van der Waals surface area (Å²) in [5, 5.41) is 2.46. The first kappa shape index (κ1) is 19.6. The molecule has 1 fully saturated rings. The lowest BCUT2D eigenvalue weighted by Gasteiger charge is -2.13. The maximum atomic E-state index is 13.5. The molecule has 2 heterocycles. The zero-order valence-electron chi connectivity index (χ0n) is 14.9. The van der Waals surface area contributed by atoms with Crippen LogP contribution in [-0.4, -0.2) is 46.6 Å². The van der Waals surface area contributed by atoms with Crippen molar-refractivity contribution in [2.75, 3.05) is 13.6 Å². The number of hydrogen-bond acceptors (Lipinski definition) is 5. The number of nitrogens with one attached hydrogen (secondary N) is 1. The number of ether oxygens (including phenoxy) is 1. The second kappa shape index (κ2) is 8.24. The molecule has 1 aliphatic heterocycles. The molecule has 28 heavy (non-hydrogen) atoms. The molecule has 1 atom stereocenters. The molecule has 1 aliphatic rings. The van der Waals surface area contributed by atoms with Gasteiger partial charge in [-0.05, 0) is 18.2 Å². The van der Waals surface area contributed by atoms with E-state index >= 15 is 0 Å². The number of nitrogens with zero attached hydrogens (tertiary/aromatic N) is 3. The molecule has 0 spiro atoms. The Hall–Kier alpha value is -3.17. The van der Waals surface area contributed by atoms with E-state index in [1.807, 2.05) is 0 Å². The van der Waals surface area contributed by atoms with E-state index in [2.05, 4.69) is 15.3 Å². The van der Waals surface area contributed by atoms with Gasteiger partial charge in [-0.1, -0.05) is 0 Å². The van der Waals surface area contributed by atoms with Crippen LogP contribution in [0.25, 0.3) is 11.3 Å². The minimum absolute atomic E-state index is 0.0520. The van der Waals surface area contributed by atoms with Crippen LogP contribution < -0.4 is 5.32 Å². The van der Waals surface area contributed by atoms with E-state index in [1.165, 1.54) is 30.4 Å². The van der Waals surface area contributed by atoms with Crippen LogP contribution in [0.3, 0.4) is 0 Å². The Kier molecular flexibility index (Phi) is 5.76. The molecule has 0 bridgehead atoms. The van der Waals surface area contributed by atoms with Crippen molar-refractivity contribution in [3.05, 3.63) is 47.7 Å². The average Bonchev–Trinajstić information content (AvgIpc) is 3.00. The number of hydrogen-bond donors (Lipinski definition) is 1. The third kappa shape index (κ3) is 4.38. The van der Waals surface area contributed by atoms with Gasteiger partial charge in [-0.2, -0.15) is 0 Å². The average molecular weight is 394 g/mol. The Balaban J connectivity index is 1.75. The first-order valence-corrected chi connectivity index (χ1v) is 8.42. The second-order valence-corrected chi connectivity index (χ2v) is 6.20. The zero-order chi connectivity index (χ0) is 20.3. The lowest BCUT2D eigenvalue weighted by molar-refractivity contribution is -0.122. The van der Waals surface area contributed by atoms with Crippen molar-refractivity contribution >= 4 is 12.0 Å². The molecule has 1 aromatic carbocycles. The maximum absolute atomic E-state index is 13.5. The van der Waals surface area contributed by atoms with Gasteiger partial charge in [0.15, 0.2) is 0 Å². The summed E-state index contributed by atoms with van der Waals surface area (Å²) in [5.41, 5.74) is 0.240. The Morgan fingerprint density at radius 3 is 2.89 bits per heavy atom.